The molecule has 0 saturated heterocycles. The maximum Gasteiger partial charge on any atom is 0.245 e. The molecule has 0 atom stereocenters. The lowest BCUT2D eigenvalue weighted by Crippen LogP contribution is -2.12. The van der Waals surface area contributed by atoms with Gasteiger partial charge in [-0.3, -0.25) is 4.79 Å². The number of nitrogens with zero attached hydrogens (tertiary/aromatic N) is 1. The zero-order valence-corrected chi connectivity index (χ0v) is 11.7. The van der Waals surface area contributed by atoms with Crippen molar-refractivity contribution in [1.29, 1.82) is 0 Å². The normalized spacial score (nSPS) is 9.57. The number of ether oxygens (including phenoxy) is 2. The minimum absolute atomic E-state index is 0.308. The number of methoxy groups -OCH3 is 2. The second-order valence-corrected chi connectivity index (χ2v) is 4.15. The van der Waals surface area contributed by atoms with E-state index >= 15 is 0 Å². The van der Waals surface area contributed by atoms with Gasteiger partial charge in [-0.15, -0.1) is 0 Å². The first kappa shape index (κ1) is 14.4. The van der Waals surface area contributed by atoms with Crippen molar-refractivity contribution in [2.75, 3.05) is 19.5 Å². The van der Waals surface area contributed by atoms with Gasteiger partial charge >= 0.3 is 0 Å². The van der Waals surface area contributed by atoms with Crippen molar-refractivity contribution < 1.29 is 14.3 Å². The highest BCUT2D eigenvalue weighted by molar-refractivity contribution is 6.08. The van der Waals surface area contributed by atoms with Gasteiger partial charge in [-0.25, -0.2) is 4.85 Å². The van der Waals surface area contributed by atoms with Gasteiger partial charge in [0, 0.05) is 11.6 Å². The fourth-order valence-electron chi connectivity index (χ4n) is 1.85. The van der Waals surface area contributed by atoms with Crippen molar-refractivity contribution in [2.24, 2.45) is 0 Å². The van der Waals surface area contributed by atoms with Crippen molar-refractivity contribution in [3.63, 3.8) is 0 Å². The number of amides is 1. The molecule has 0 bridgehead atoms. The van der Waals surface area contributed by atoms with Gasteiger partial charge in [0.25, 0.3) is 0 Å². The summed E-state index contributed by atoms with van der Waals surface area (Å²) in [6, 6.07) is 11.7. The Balaban J connectivity index is 2.30. The van der Waals surface area contributed by atoms with Gasteiger partial charge in [-0.1, -0.05) is 24.3 Å². The van der Waals surface area contributed by atoms with Crippen molar-refractivity contribution >= 4 is 17.3 Å². The molecule has 0 aliphatic carbocycles. The highest BCUT2D eigenvalue weighted by atomic mass is 16.5. The molecule has 0 aliphatic heterocycles. The van der Waals surface area contributed by atoms with Gasteiger partial charge in [0.15, 0.2) is 5.69 Å². The van der Waals surface area contributed by atoms with E-state index in [1.807, 2.05) is 0 Å². The summed E-state index contributed by atoms with van der Waals surface area (Å²) in [5.41, 5.74) is 1.15. The summed E-state index contributed by atoms with van der Waals surface area (Å²) >= 11 is 0. The summed E-state index contributed by atoms with van der Waals surface area (Å²) in [7, 11) is 3.07. The maximum absolute atomic E-state index is 12.3. The molecular weight excluding hydrogens is 268 g/mol. The first-order valence-electron chi connectivity index (χ1n) is 6.19. The zero-order valence-electron chi connectivity index (χ0n) is 11.7. The lowest BCUT2D eigenvalue weighted by atomic mass is 10.1. The number of benzene rings is 2. The van der Waals surface area contributed by atoms with Crippen LogP contribution in [0.4, 0.5) is 11.4 Å². The quantitative estimate of drug-likeness (QED) is 0.873. The molecule has 2 rings (SSSR count). The van der Waals surface area contributed by atoms with E-state index in [1.54, 1.807) is 49.6 Å². The zero-order chi connectivity index (χ0) is 15.2. The lowest BCUT2D eigenvalue weighted by molar-refractivity contribution is 0.102. The summed E-state index contributed by atoms with van der Waals surface area (Å²) in [6.45, 7) is 7.09. The largest absolute Gasteiger partial charge is 0.497 e. The number of rotatable bonds is 4. The second-order valence-electron chi connectivity index (χ2n) is 4.15. The number of para-hydroxylation sites is 1. The number of hydrogen-bond donors (Lipinski definition) is 1. The summed E-state index contributed by atoms with van der Waals surface area (Å²) in [5, 5.41) is 2.74. The van der Waals surface area contributed by atoms with Gasteiger partial charge in [0.05, 0.1) is 26.5 Å². The third kappa shape index (κ3) is 3.12. The van der Waals surface area contributed by atoms with Gasteiger partial charge in [-0.05, 0) is 12.1 Å². The van der Waals surface area contributed by atoms with Gasteiger partial charge < -0.3 is 14.8 Å². The number of nitrogens with one attached hydrogen (secondary N) is 1. The highest BCUT2D eigenvalue weighted by Crippen LogP contribution is 2.30. The van der Waals surface area contributed by atoms with Crippen LogP contribution in [-0.4, -0.2) is 20.1 Å². The predicted molar refractivity (Wildman–Crippen MR) is 80.2 cm³/mol. The maximum atomic E-state index is 12.3. The topological polar surface area (TPSA) is 51.9 Å². The van der Waals surface area contributed by atoms with E-state index in [0.29, 0.717) is 28.4 Å². The average Bonchev–Trinajstić information content (AvgIpc) is 2.55. The van der Waals surface area contributed by atoms with E-state index in [0.717, 1.165) is 0 Å². The van der Waals surface area contributed by atoms with E-state index in [4.69, 9.17) is 16.0 Å². The smallest absolute Gasteiger partial charge is 0.245 e. The SMILES string of the molecule is [C-]#[N+]c1ccccc1C(=O)Nc1ccc(OC)cc1OC. The molecule has 0 saturated carbocycles. The number of carbonyl (C=O) groups is 1. The van der Waals surface area contributed by atoms with Crippen molar-refractivity contribution in [3.8, 4) is 11.5 Å². The Morgan fingerprint density at radius 2 is 1.90 bits per heavy atom. The molecule has 1 N–H and O–H groups in total. The van der Waals surface area contributed by atoms with E-state index in [-0.39, 0.29) is 5.91 Å². The second kappa shape index (κ2) is 6.44. The third-order valence-electron chi connectivity index (χ3n) is 2.93. The van der Waals surface area contributed by atoms with Crippen molar-refractivity contribution in [1.82, 2.24) is 0 Å². The van der Waals surface area contributed by atoms with Crippen LogP contribution in [0, 0.1) is 6.57 Å². The van der Waals surface area contributed by atoms with Gasteiger partial charge in [-0.2, -0.15) is 0 Å². The van der Waals surface area contributed by atoms with Crippen LogP contribution in [0.25, 0.3) is 4.85 Å². The van der Waals surface area contributed by atoms with Crippen LogP contribution in [0.3, 0.4) is 0 Å². The summed E-state index contributed by atoms with van der Waals surface area (Å²) in [6.07, 6.45) is 0. The molecule has 21 heavy (non-hydrogen) atoms. The molecule has 0 spiro atoms. The molecule has 106 valence electrons. The minimum atomic E-state index is -0.356. The molecule has 0 radical (unpaired) electrons. The molecule has 0 unspecified atom stereocenters. The average molecular weight is 282 g/mol. The number of hydrogen-bond acceptors (Lipinski definition) is 3. The Labute approximate surface area is 122 Å². The third-order valence-corrected chi connectivity index (χ3v) is 2.93. The fraction of sp³-hybridized carbons (Fsp3) is 0.125. The lowest BCUT2D eigenvalue weighted by Gasteiger charge is -2.12. The summed E-state index contributed by atoms with van der Waals surface area (Å²) in [4.78, 5) is 15.6. The van der Waals surface area contributed by atoms with Crippen LogP contribution in [-0.2, 0) is 0 Å². The molecule has 0 aromatic heterocycles. The van der Waals surface area contributed by atoms with Crippen LogP contribution < -0.4 is 14.8 Å². The standard InChI is InChI=1S/C16H14N2O3/c1-17-13-7-5-4-6-12(13)16(19)18-14-9-8-11(20-2)10-15(14)21-3/h4-10H,2-3H3,(H,18,19). The molecule has 1 amide bonds. The molecular formula is C16H14N2O3. The van der Waals surface area contributed by atoms with E-state index < -0.39 is 0 Å². The van der Waals surface area contributed by atoms with Gasteiger partial charge in [0.1, 0.15) is 11.5 Å². The number of carbonyl (C=O) groups excluding carboxylic acids is 1. The monoisotopic (exact) mass is 282 g/mol. The van der Waals surface area contributed by atoms with E-state index in [2.05, 4.69) is 10.2 Å². The fourth-order valence-corrected chi connectivity index (χ4v) is 1.85. The van der Waals surface area contributed by atoms with Crippen molar-refractivity contribution in [3.05, 3.63) is 59.4 Å². The van der Waals surface area contributed by atoms with Crippen LogP contribution >= 0.6 is 0 Å². The molecule has 5 heteroatoms. The van der Waals surface area contributed by atoms with E-state index in [9.17, 15) is 4.79 Å². The molecule has 0 heterocycles. The molecule has 2 aromatic rings. The molecule has 0 aliphatic rings. The van der Waals surface area contributed by atoms with Crippen LogP contribution in [0.15, 0.2) is 42.5 Å². The Hall–Kier alpha value is -3.00. The summed E-state index contributed by atoms with van der Waals surface area (Å²) < 4.78 is 10.3. The first-order valence-corrected chi connectivity index (χ1v) is 6.19. The van der Waals surface area contributed by atoms with Gasteiger partial charge in [0.2, 0.25) is 5.91 Å². The Morgan fingerprint density at radius 1 is 1.14 bits per heavy atom. The molecule has 2 aromatic carbocycles. The van der Waals surface area contributed by atoms with Crippen molar-refractivity contribution in [2.45, 2.75) is 0 Å². The molecule has 0 fully saturated rings. The van der Waals surface area contributed by atoms with Crippen LogP contribution in [0.5, 0.6) is 11.5 Å². The Bertz CT molecular complexity index is 705. The summed E-state index contributed by atoms with van der Waals surface area (Å²) in [5.74, 6) is 0.763. The minimum Gasteiger partial charge on any atom is -0.497 e. The van der Waals surface area contributed by atoms with Crippen LogP contribution in [0.2, 0.25) is 0 Å². The Morgan fingerprint density at radius 3 is 2.57 bits per heavy atom. The highest BCUT2D eigenvalue weighted by Gasteiger charge is 2.13. The van der Waals surface area contributed by atoms with E-state index in [1.165, 1.54) is 7.11 Å². The Kier molecular flexibility index (Phi) is 4.42. The van der Waals surface area contributed by atoms with Crippen LogP contribution in [0.1, 0.15) is 10.4 Å². The predicted octanol–water partition coefficient (Wildman–Crippen LogP) is 3.51. The number of anilines is 1. The first-order chi connectivity index (χ1) is 10.2. The molecule has 5 nitrogen and oxygen atoms in total.